The molecule has 0 aromatic heterocycles. The zero-order valence-corrected chi connectivity index (χ0v) is 20.3. The van der Waals surface area contributed by atoms with E-state index in [4.69, 9.17) is 0 Å². The van der Waals surface area contributed by atoms with Gasteiger partial charge in [0, 0.05) is 0 Å². The third-order valence-corrected chi connectivity index (χ3v) is 11.3. The van der Waals surface area contributed by atoms with Gasteiger partial charge in [0.25, 0.3) is 0 Å². The molecule has 0 unspecified atom stereocenters. The second-order valence-corrected chi connectivity index (χ2v) is 12.9. The quantitative estimate of drug-likeness (QED) is 0.474. The van der Waals surface area contributed by atoms with Crippen LogP contribution in [0, 0.1) is 52.3 Å². The molecule has 0 aliphatic heterocycles. The van der Waals surface area contributed by atoms with E-state index in [9.17, 15) is 5.11 Å². The molecule has 1 heteroatoms. The first-order chi connectivity index (χ1) is 14.2. The highest BCUT2D eigenvalue weighted by atomic mass is 16.3. The van der Waals surface area contributed by atoms with Crippen molar-refractivity contribution in [3.63, 3.8) is 0 Å². The van der Waals surface area contributed by atoms with Gasteiger partial charge in [-0.25, -0.2) is 0 Å². The van der Waals surface area contributed by atoms with Crippen LogP contribution in [0.5, 0.6) is 0 Å². The van der Waals surface area contributed by atoms with E-state index >= 15 is 0 Å². The van der Waals surface area contributed by atoms with Gasteiger partial charge in [-0.05, 0) is 123 Å². The fourth-order valence-corrected chi connectivity index (χ4v) is 9.22. The molecular weight excluding hydrogens is 364 g/mol. The van der Waals surface area contributed by atoms with Crippen LogP contribution in [-0.4, -0.2) is 11.2 Å². The van der Waals surface area contributed by atoms with Crippen LogP contribution in [0.4, 0.5) is 0 Å². The molecule has 0 radical (unpaired) electrons. The molecule has 0 saturated heterocycles. The molecular formula is C29H46O. The molecule has 4 saturated carbocycles. The molecule has 1 N–H and O–H groups in total. The van der Waals surface area contributed by atoms with Gasteiger partial charge in [-0.2, -0.15) is 0 Å². The first-order valence-electron chi connectivity index (χ1n) is 13.3. The molecule has 30 heavy (non-hydrogen) atoms. The standard InChI is InChI=1S/C29H46O/c1-18(24-16-20(24)3)6-7-19(2)25-10-11-26-23-9-8-21-17-22(30)12-14-28(21,4)27(23)13-15-29(25,26)5/h7-8,18,20,22-27,30H,6,9-17H2,1-5H3/b19-7-/t18-,20-,22+,23+,24+,25-,26+,27+,28+,29-/m1/s1. The van der Waals surface area contributed by atoms with Crippen LogP contribution in [0.3, 0.4) is 0 Å². The highest BCUT2D eigenvalue weighted by Gasteiger charge is 2.58. The first-order valence-corrected chi connectivity index (χ1v) is 13.3. The number of rotatable bonds is 4. The lowest BCUT2D eigenvalue weighted by atomic mass is 9.47. The maximum absolute atomic E-state index is 10.2. The largest absolute Gasteiger partial charge is 0.393 e. The number of aliphatic hydroxyl groups excluding tert-OH is 1. The normalized spacial score (nSPS) is 51.5. The van der Waals surface area contributed by atoms with Gasteiger partial charge < -0.3 is 5.11 Å². The lowest BCUT2D eigenvalue weighted by molar-refractivity contribution is -0.0454. The Kier molecular flexibility index (Phi) is 5.32. The number of aliphatic hydroxyl groups is 1. The fraction of sp³-hybridized carbons (Fsp3) is 0.862. The molecule has 168 valence electrons. The van der Waals surface area contributed by atoms with Crippen molar-refractivity contribution in [1.82, 2.24) is 0 Å². The first kappa shape index (κ1) is 21.3. The summed E-state index contributed by atoms with van der Waals surface area (Å²) in [7, 11) is 0. The Labute approximate surface area is 185 Å². The summed E-state index contributed by atoms with van der Waals surface area (Å²) < 4.78 is 0. The summed E-state index contributed by atoms with van der Waals surface area (Å²) in [6.45, 7) is 12.6. The van der Waals surface area contributed by atoms with E-state index in [1.807, 2.05) is 0 Å². The summed E-state index contributed by atoms with van der Waals surface area (Å²) in [6, 6.07) is 0. The van der Waals surface area contributed by atoms with Gasteiger partial charge in [0.1, 0.15) is 0 Å². The van der Waals surface area contributed by atoms with E-state index in [0.29, 0.717) is 10.8 Å². The van der Waals surface area contributed by atoms with E-state index in [2.05, 4.69) is 46.8 Å². The highest BCUT2D eigenvalue weighted by Crippen LogP contribution is 2.67. The number of hydrogen-bond acceptors (Lipinski definition) is 1. The zero-order valence-electron chi connectivity index (χ0n) is 20.3. The molecule has 0 aromatic rings. The Morgan fingerprint density at radius 1 is 1.17 bits per heavy atom. The topological polar surface area (TPSA) is 20.2 Å². The molecule has 4 fully saturated rings. The molecule has 5 rings (SSSR count). The monoisotopic (exact) mass is 410 g/mol. The molecule has 0 bridgehead atoms. The minimum atomic E-state index is -0.0839. The summed E-state index contributed by atoms with van der Waals surface area (Å²) in [5, 5.41) is 10.2. The predicted molar refractivity (Wildman–Crippen MR) is 126 cm³/mol. The molecule has 5 aliphatic carbocycles. The Bertz CT molecular complexity index is 733. The second kappa shape index (κ2) is 7.50. The van der Waals surface area contributed by atoms with Gasteiger partial charge in [0.2, 0.25) is 0 Å². The van der Waals surface area contributed by atoms with Gasteiger partial charge in [0.05, 0.1) is 6.10 Å². The van der Waals surface area contributed by atoms with Crippen molar-refractivity contribution in [3.8, 4) is 0 Å². The molecule has 10 atom stereocenters. The molecule has 0 amide bonds. The number of fused-ring (bicyclic) bond motifs is 5. The highest BCUT2D eigenvalue weighted by molar-refractivity contribution is 5.26. The Morgan fingerprint density at radius 2 is 1.93 bits per heavy atom. The minimum Gasteiger partial charge on any atom is -0.393 e. The van der Waals surface area contributed by atoms with Crippen molar-refractivity contribution in [2.45, 2.75) is 105 Å². The van der Waals surface area contributed by atoms with Crippen molar-refractivity contribution in [2.24, 2.45) is 52.3 Å². The third-order valence-electron chi connectivity index (χ3n) is 11.3. The van der Waals surface area contributed by atoms with Crippen molar-refractivity contribution < 1.29 is 5.11 Å². The SMILES string of the molecule is C/C(=C/C[C@@H](C)[C@@H]1C[C@H]1C)[C@H]1CC[C@H]2[C@@H]3CC=C4C[C@@H](O)CC[C@]4(C)[C@H]3CC[C@]12C. The van der Waals surface area contributed by atoms with Crippen molar-refractivity contribution >= 4 is 0 Å². The van der Waals surface area contributed by atoms with E-state index < -0.39 is 0 Å². The van der Waals surface area contributed by atoms with E-state index in [0.717, 1.165) is 54.3 Å². The second-order valence-electron chi connectivity index (χ2n) is 12.9. The maximum Gasteiger partial charge on any atom is 0.0577 e. The van der Waals surface area contributed by atoms with Crippen molar-refractivity contribution in [3.05, 3.63) is 23.3 Å². The van der Waals surface area contributed by atoms with Crippen LogP contribution in [0.1, 0.15) is 98.8 Å². The van der Waals surface area contributed by atoms with Crippen LogP contribution in [-0.2, 0) is 0 Å². The van der Waals surface area contributed by atoms with Gasteiger partial charge in [-0.1, -0.05) is 51.0 Å². The minimum absolute atomic E-state index is 0.0839. The van der Waals surface area contributed by atoms with E-state index in [1.54, 1.807) is 11.1 Å². The van der Waals surface area contributed by atoms with Gasteiger partial charge in [-0.15, -0.1) is 0 Å². The fourth-order valence-electron chi connectivity index (χ4n) is 9.22. The molecule has 0 aromatic carbocycles. The molecule has 1 nitrogen and oxygen atoms in total. The lowest BCUT2D eigenvalue weighted by Crippen LogP contribution is -2.50. The average Bonchev–Trinajstić information content (AvgIpc) is 3.33. The number of allylic oxidation sites excluding steroid dienone is 3. The summed E-state index contributed by atoms with van der Waals surface area (Å²) in [4.78, 5) is 0. The van der Waals surface area contributed by atoms with Crippen LogP contribution >= 0.6 is 0 Å². The summed E-state index contributed by atoms with van der Waals surface area (Å²) in [5.74, 6) is 6.32. The maximum atomic E-state index is 10.2. The van der Waals surface area contributed by atoms with Crippen LogP contribution < -0.4 is 0 Å². The smallest absolute Gasteiger partial charge is 0.0577 e. The van der Waals surface area contributed by atoms with Crippen molar-refractivity contribution in [1.29, 1.82) is 0 Å². The predicted octanol–water partition coefficient (Wildman–Crippen LogP) is 7.55. The average molecular weight is 411 g/mol. The van der Waals surface area contributed by atoms with Crippen LogP contribution in [0.15, 0.2) is 23.3 Å². The Morgan fingerprint density at radius 3 is 2.67 bits per heavy atom. The van der Waals surface area contributed by atoms with Gasteiger partial charge >= 0.3 is 0 Å². The van der Waals surface area contributed by atoms with Crippen LogP contribution in [0.2, 0.25) is 0 Å². The zero-order chi connectivity index (χ0) is 21.3. The van der Waals surface area contributed by atoms with Gasteiger partial charge in [-0.3, -0.25) is 0 Å². The lowest BCUT2D eigenvalue weighted by Gasteiger charge is -2.58. The Balaban J connectivity index is 1.33. The Hall–Kier alpha value is -0.560. The number of hydrogen-bond donors (Lipinski definition) is 1. The van der Waals surface area contributed by atoms with E-state index in [1.165, 1.54) is 51.4 Å². The summed E-state index contributed by atoms with van der Waals surface area (Å²) in [6.07, 6.45) is 18.1. The van der Waals surface area contributed by atoms with Crippen LogP contribution in [0.25, 0.3) is 0 Å². The molecule has 5 aliphatic rings. The third kappa shape index (κ3) is 3.28. The van der Waals surface area contributed by atoms with Gasteiger partial charge in [0.15, 0.2) is 0 Å². The summed E-state index contributed by atoms with van der Waals surface area (Å²) >= 11 is 0. The summed E-state index contributed by atoms with van der Waals surface area (Å²) in [5.41, 5.74) is 4.23. The van der Waals surface area contributed by atoms with Crippen molar-refractivity contribution in [2.75, 3.05) is 0 Å². The molecule has 0 heterocycles. The molecule has 0 spiro atoms. The van der Waals surface area contributed by atoms with E-state index in [-0.39, 0.29) is 6.10 Å².